The standard InChI is InChI=1S/C24H18Cl2Si/c25-19-11-15-23(16-12-19)27(21-7-3-1-4-8-21,22-9-5-2-6-10-22)24-17-13-20(26)14-18-24/h1-18H. The summed E-state index contributed by atoms with van der Waals surface area (Å²) < 4.78 is 0. The highest BCUT2D eigenvalue weighted by atomic mass is 35.5. The summed E-state index contributed by atoms with van der Waals surface area (Å²) in [7, 11) is -2.46. The van der Waals surface area contributed by atoms with Crippen LogP contribution in [0.1, 0.15) is 0 Å². The molecular formula is C24H18Cl2Si. The maximum absolute atomic E-state index is 6.22. The molecule has 4 aromatic carbocycles. The first-order chi connectivity index (χ1) is 13.2. The Morgan fingerprint density at radius 1 is 0.370 bits per heavy atom. The van der Waals surface area contributed by atoms with Crippen LogP contribution in [0, 0.1) is 0 Å². The Morgan fingerprint density at radius 3 is 1.00 bits per heavy atom. The Balaban J connectivity index is 2.11. The van der Waals surface area contributed by atoms with Crippen LogP contribution in [0.15, 0.2) is 109 Å². The highest BCUT2D eigenvalue weighted by Crippen LogP contribution is 2.14. The van der Waals surface area contributed by atoms with Crippen LogP contribution < -0.4 is 20.7 Å². The zero-order chi connectivity index (χ0) is 18.7. The second-order valence-electron chi connectivity index (χ2n) is 6.50. The Hall–Kier alpha value is -2.32. The first-order valence-corrected chi connectivity index (χ1v) is 11.6. The average molecular weight is 405 g/mol. The molecule has 27 heavy (non-hydrogen) atoms. The molecule has 0 nitrogen and oxygen atoms in total. The van der Waals surface area contributed by atoms with Crippen LogP contribution in [0.3, 0.4) is 0 Å². The molecule has 4 rings (SSSR count). The molecule has 0 unspecified atom stereocenters. The normalized spacial score (nSPS) is 11.3. The maximum Gasteiger partial charge on any atom is 0.179 e. The molecular weight excluding hydrogens is 387 g/mol. The fourth-order valence-electron chi connectivity index (χ4n) is 3.78. The van der Waals surface area contributed by atoms with Crippen LogP contribution in [0.25, 0.3) is 0 Å². The van der Waals surface area contributed by atoms with Gasteiger partial charge in [0.05, 0.1) is 0 Å². The number of rotatable bonds is 4. The van der Waals surface area contributed by atoms with Gasteiger partial charge in [-0.25, -0.2) is 0 Å². The first-order valence-electron chi connectivity index (χ1n) is 8.84. The van der Waals surface area contributed by atoms with E-state index in [0.29, 0.717) is 0 Å². The smallest absolute Gasteiger partial charge is 0.0843 e. The van der Waals surface area contributed by atoms with E-state index in [1.807, 2.05) is 24.3 Å². The number of hydrogen-bond donors (Lipinski definition) is 0. The number of benzene rings is 4. The van der Waals surface area contributed by atoms with Crippen molar-refractivity contribution in [2.75, 3.05) is 0 Å². The van der Waals surface area contributed by atoms with E-state index >= 15 is 0 Å². The average Bonchev–Trinajstić information content (AvgIpc) is 2.73. The minimum Gasteiger partial charge on any atom is -0.0843 e. The van der Waals surface area contributed by atoms with Gasteiger partial charge in [-0.3, -0.25) is 0 Å². The Bertz CT molecular complexity index is 924. The van der Waals surface area contributed by atoms with Crippen LogP contribution in [0.2, 0.25) is 10.0 Å². The summed E-state index contributed by atoms with van der Waals surface area (Å²) >= 11 is 12.4. The van der Waals surface area contributed by atoms with E-state index in [2.05, 4.69) is 84.9 Å². The summed E-state index contributed by atoms with van der Waals surface area (Å²) in [6.45, 7) is 0. The molecule has 0 saturated carbocycles. The van der Waals surface area contributed by atoms with Gasteiger partial charge in [-0.1, -0.05) is 108 Å². The SMILES string of the molecule is Clc1ccc([Si](c2ccccc2)(c2ccccc2)c2ccc(Cl)cc2)cc1. The minimum absolute atomic E-state index is 0.749. The monoisotopic (exact) mass is 404 g/mol. The molecule has 0 atom stereocenters. The van der Waals surface area contributed by atoms with Crippen LogP contribution in [0.4, 0.5) is 0 Å². The molecule has 4 aromatic rings. The third kappa shape index (κ3) is 3.34. The molecule has 0 N–H and O–H groups in total. The zero-order valence-corrected chi connectivity index (χ0v) is 17.2. The lowest BCUT2D eigenvalue weighted by atomic mass is 10.3. The van der Waals surface area contributed by atoms with Gasteiger partial charge in [0.2, 0.25) is 0 Å². The van der Waals surface area contributed by atoms with Crippen molar-refractivity contribution in [3.8, 4) is 0 Å². The van der Waals surface area contributed by atoms with Crippen LogP contribution in [0.5, 0.6) is 0 Å². The van der Waals surface area contributed by atoms with E-state index < -0.39 is 8.07 Å². The molecule has 0 saturated heterocycles. The van der Waals surface area contributed by atoms with Gasteiger partial charge >= 0.3 is 0 Å². The van der Waals surface area contributed by atoms with Gasteiger partial charge < -0.3 is 0 Å². The molecule has 0 amide bonds. The second-order valence-corrected chi connectivity index (χ2v) is 11.2. The van der Waals surface area contributed by atoms with Crippen molar-refractivity contribution in [2.45, 2.75) is 0 Å². The van der Waals surface area contributed by atoms with Gasteiger partial charge in [0, 0.05) is 10.0 Å². The fraction of sp³-hybridized carbons (Fsp3) is 0. The summed E-state index contributed by atoms with van der Waals surface area (Å²) in [5.74, 6) is 0. The number of hydrogen-bond acceptors (Lipinski definition) is 0. The third-order valence-electron chi connectivity index (χ3n) is 4.97. The second kappa shape index (κ2) is 7.73. The summed E-state index contributed by atoms with van der Waals surface area (Å²) in [4.78, 5) is 0. The predicted molar refractivity (Wildman–Crippen MR) is 120 cm³/mol. The molecule has 132 valence electrons. The molecule has 0 spiro atoms. The quantitative estimate of drug-likeness (QED) is 0.349. The molecule has 0 radical (unpaired) electrons. The van der Waals surface area contributed by atoms with Crippen LogP contribution >= 0.6 is 23.2 Å². The summed E-state index contributed by atoms with van der Waals surface area (Å²) in [5.41, 5.74) is 0. The molecule has 0 aliphatic rings. The summed E-state index contributed by atoms with van der Waals surface area (Å²) in [6, 6.07) is 38.2. The minimum atomic E-state index is -2.46. The van der Waals surface area contributed by atoms with Gasteiger partial charge in [0.25, 0.3) is 0 Å². The van der Waals surface area contributed by atoms with E-state index in [1.54, 1.807) is 0 Å². The summed E-state index contributed by atoms with van der Waals surface area (Å²) in [6.07, 6.45) is 0. The molecule has 0 aliphatic carbocycles. The van der Waals surface area contributed by atoms with E-state index in [-0.39, 0.29) is 0 Å². The van der Waals surface area contributed by atoms with Crippen molar-refractivity contribution >= 4 is 52.0 Å². The van der Waals surface area contributed by atoms with Gasteiger partial charge in [0.15, 0.2) is 8.07 Å². The number of halogens is 2. The van der Waals surface area contributed by atoms with Crippen molar-refractivity contribution in [2.24, 2.45) is 0 Å². The van der Waals surface area contributed by atoms with Crippen molar-refractivity contribution in [3.05, 3.63) is 119 Å². The van der Waals surface area contributed by atoms with E-state index in [0.717, 1.165) is 10.0 Å². The summed E-state index contributed by atoms with van der Waals surface area (Å²) in [5, 5.41) is 6.76. The molecule has 0 bridgehead atoms. The predicted octanol–water partition coefficient (Wildman–Crippen LogP) is 4.37. The van der Waals surface area contributed by atoms with Crippen molar-refractivity contribution in [1.82, 2.24) is 0 Å². The van der Waals surface area contributed by atoms with Gasteiger partial charge in [-0.05, 0) is 45.0 Å². The molecule has 3 heteroatoms. The molecule has 0 aliphatic heterocycles. The van der Waals surface area contributed by atoms with Gasteiger partial charge in [-0.15, -0.1) is 0 Å². The Kier molecular flexibility index (Phi) is 5.17. The van der Waals surface area contributed by atoms with Crippen LogP contribution in [-0.4, -0.2) is 8.07 Å². The van der Waals surface area contributed by atoms with E-state index in [1.165, 1.54) is 20.7 Å². The maximum atomic E-state index is 6.22. The van der Waals surface area contributed by atoms with Crippen molar-refractivity contribution in [3.63, 3.8) is 0 Å². The highest BCUT2D eigenvalue weighted by molar-refractivity contribution is 7.19. The topological polar surface area (TPSA) is 0 Å². The van der Waals surface area contributed by atoms with Gasteiger partial charge in [-0.2, -0.15) is 0 Å². The lowest BCUT2D eigenvalue weighted by Crippen LogP contribution is -2.74. The first kappa shape index (κ1) is 18.1. The zero-order valence-electron chi connectivity index (χ0n) is 14.6. The van der Waals surface area contributed by atoms with Crippen molar-refractivity contribution in [1.29, 1.82) is 0 Å². The largest absolute Gasteiger partial charge is 0.179 e. The highest BCUT2D eigenvalue weighted by Gasteiger charge is 2.41. The molecule has 0 aromatic heterocycles. The Labute approximate surface area is 171 Å². The van der Waals surface area contributed by atoms with E-state index in [9.17, 15) is 0 Å². The third-order valence-corrected chi connectivity index (χ3v) is 10.3. The molecule has 0 fully saturated rings. The lowest BCUT2D eigenvalue weighted by Gasteiger charge is -2.34. The lowest BCUT2D eigenvalue weighted by molar-refractivity contribution is 1.66. The molecule has 0 heterocycles. The van der Waals surface area contributed by atoms with Crippen LogP contribution in [-0.2, 0) is 0 Å². The Morgan fingerprint density at radius 2 is 0.667 bits per heavy atom. The fourth-order valence-corrected chi connectivity index (χ4v) is 8.75. The van der Waals surface area contributed by atoms with E-state index in [4.69, 9.17) is 23.2 Å². The van der Waals surface area contributed by atoms with Crippen molar-refractivity contribution < 1.29 is 0 Å². The van der Waals surface area contributed by atoms with Gasteiger partial charge in [0.1, 0.15) is 0 Å².